The zero-order valence-corrected chi connectivity index (χ0v) is 25.7. The summed E-state index contributed by atoms with van der Waals surface area (Å²) in [5.41, 5.74) is 4.33. The smallest absolute Gasteiger partial charge is 0.321 e. The molecule has 1 unspecified atom stereocenters. The zero-order valence-electron chi connectivity index (χ0n) is 24.1. The molecule has 0 aliphatic heterocycles. The summed E-state index contributed by atoms with van der Waals surface area (Å²) in [5, 5.41) is 8.84. The van der Waals surface area contributed by atoms with E-state index in [0.717, 1.165) is 28.0 Å². The molecule has 0 saturated heterocycles. The van der Waals surface area contributed by atoms with Crippen molar-refractivity contribution in [2.75, 3.05) is 10.6 Å². The molecule has 8 nitrogen and oxygen atoms in total. The van der Waals surface area contributed by atoms with E-state index in [4.69, 9.17) is 11.6 Å². The monoisotopic (exact) mass is 646 g/mol. The molecule has 0 saturated carbocycles. The molecule has 1 atom stereocenters. The first kappa shape index (κ1) is 31.7. The molecule has 12 heteroatoms. The van der Waals surface area contributed by atoms with Gasteiger partial charge in [0.1, 0.15) is 21.7 Å². The number of nitrogens with one attached hydrogen (secondary N) is 3. The molecule has 0 aliphatic carbocycles. The van der Waals surface area contributed by atoms with E-state index in [2.05, 4.69) is 30.9 Å². The minimum Gasteiger partial charge on any atom is -0.335 e. The lowest BCUT2D eigenvalue weighted by molar-refractivity contribution is -0.114. The summed E-state index contributed by atoms with van der Waals surface area (Å²) in [6, 6.07) is 18.7. The minimum atomic E-state index is -0.470. The normalized spacial score (nSPS) is 11.7. The minimum absolute atomic E-state index is 0.169. The lowest BCUT2D eigenvalue weighted by Gasteiger charge is -2.23. The van der Waals surface area contributed by atoms with Gasteiger partial charge in [-0.25, -0.2) is 18.6 Å². The second kappa shape index (κ2) is 14.8. The van der Waals surface area contributed by atoms with Crippen LogP contribution < -0.4 is 16.0 Å². The van der Waals surface area contributed by atoms with Crippen LogP contribution >= 0.6 is 22.9 Å². The fraction of sp³-hybridized carbons (Fsp3) is 0.182. The number of amides is 3. The number of nitrogens with zero attached hydrogens (tertiary/aromatic N) is 3. The van der Waals surface area contributed by atoms with Gasteiger partial charge in [-0.05, 0) is 60.4 Å². The number of hydrogen-bond donors (Lipinski definition) is 3. The molecule has 0 aliphatic rings. The van der Waals surface area contributed by atoms with E-state index >= 15 is 0 Å². The molecular formula is C33H29ClF2N6O2S. The zero-order chi connectivity index (χ0) is 31.8. The molecule has 2 heterocycles. The highest BCUT2D eigenvalue weighted by atomic mass is 35.5. The van der Waals surface area contributed by atoms with E-state index in [1.165, 1.54) is 31.2 Å². The number of hydrogen-bond acceptors (Lipinski definition) is 6. The second-order valence-electron chi connectivity index (χ2n) is 10.3. The Bertz CT molecular complexity index is 1690. The van der Waals surface area contributed by atoms with Gasteiger partial charge in [0.05, 0.1) is 5.69 Å². The van der Waals surface area contributed by atoms with Crippen LogP contribution in [0, 0.1) is 11.6 Å². The molecule has 3 amide bonds. The number of anilines is 2. The first-order chi connectivity index (χ1) is 21.7. The largest absolute Gasteiger partial charge is 0.335 e. The van der Waals surface area contributed by atoms with Crippen molar-refractivity contribution in [2.45, 2.75) is 38.1 Å². The Morgan fingerprint density at radius 2 is 1.51 bits per heavy atom. The molecular weight excluding hydrogens is 618 g/mol. The van der Waals surface area contributed by atoms with Gasteiger partial charge < -0.3 is 10.6 Å². The van der Waals surface area contributed by atoms with Gasteiger partial charge in [0, 0.05) is 55.1 Å². The summed E-state index contributed by atoms with van der Waals surface area (Å²) in [6.45, 7) is 1.43. The average molecular weight is 647 g/mol. The van der Waals surface area contributed by atoms with Crippen molar-refractivity contribution in [3.8, 4) is 11.3 Å². The molecule has 0 fully saturated rings. The van der Waals surface area contributed by atoms with Crippen molar-refractivity contribution in [3.05, 3.63) is 124 Å². The fourth-order valence-corrected chi connectivity index (χ4v) is 6.04. The second-order valence-corrected chi connectivity index (χ2v) is 11.9. The summed E-state index contributed by atoms with van der Waals surface area (Å²) in [6.07, 6.45) is 6.32. The summed E-state index contributed by atoms with van der Waals surface area (Å²) >= 11 is 7.60. The van der Waals surface area contributed by atoms with Crippen molar-refractivity contribution < 1.29 is 18.4 Å². The fourth-order valence-electron chi connectivity index (χ4n) is 4.96. The van der Waals surface area contributed by atoms with Crippen LogP contribution in [0.5, 0.6) is 0 Å². The first-order valence-electron chi connectivity index (χ1n) is 14.1. The maximum atomic E-state index is 13.7. The third-order valence-electron chi connectivity index (χ3n) is 7.04. The Labute approximate surface area is 267 Å². The van der Waals surface area contributed by atoms with Crippen LogP contribution in [0.3, 0.4) is 0 Å². The van der Waals surface area contributed by atoms with E-state index in [0.29, 0.717) is 45.8 Å². The van der Waals surface area contributed by atoms with Gasteiger partial charge >= 0.3 is 6.03 Å². The number of halogens is 3. The van der Waals surface area contributed by atoms with E-state index in [1.807, 2.05) is 0 Å². The summed E-state index contributed by atoms with van der Waals surface area (Å²) in [4.78, 5) is 37.6. The van der Waals surface area contributed by atoms with Gasteiger partial charge in [-0.1, -0.05) is 59.3 Å². The molecule has 5 rings (SSSR count). The highest BCUT2D eigenvalue weighted by Gasteiger charge is 2.21. The van der Waals surface area contributed by atoms with Crippen LogP contribution in [-0.4, -0.2) is 32.9 Å². The van der Waals surface area contributed by atoms with Gasteiger partial charge in [0.15, 0.2) is 5.13 Å². The van der Waals surface area contributed by atoms with Crippen molar-refractivity contribution in [3.63, 3.8) is 0 Å². The number of urea groups is 1. The lowest BCUT2D eigenvalue weighted by Crippen LogP contribution is -2.39. The van der Waals surface area contributed by atoms with E-state index < -0.39 is 6.03 Å². The standard InChI is InChI=1S/C33H29ClF2N6O2S/c1-20(43)39-26-12-6-23(7-13-26)30-31(34)45-33(41-30)42-32(44)40-27(18-28-19-37-16-17-38-28)14-15-29(21-2-8-24(35)9-3-21)22-4-10-25(36)11-5-22/h2-13,16-17,19,27,29H,14-15,18H2,1H3,(H,39,43)(H2,40,41,42,44). The predicted octanol–water partition coefficient (Wildman–Crippen LogP) is 7.84. The molecule has 2 aromatic heterocycles. The molecule has 45 heavy (non-hydrogen) atoms. The molecule has 230 valence electrons. The number of benzene rings is 3. The van der Waals surface area contributed by atoms with Crippen LogP contribution in [0.25, 0.3) is 11.3 Å². The number of aromatic nitrogens is 3. The first-order valence-corrected chi connectivity index (χ1v) is 15.3. The van der Waals surface area contributed by atoms with Gasteiger partial charge in [-0.3, -0.25) is 20.1 Å². The Kier molecular flexibility index (Phi) is 10.4. The predicted molar refractivity (Wildman–Crippen MR) is 172 cm³/mol. The third-order valence-corrected chi connectivity index (χ3v) is 8.21. The molecule has 5 aromatic rings. The number of carbonyl (C=O) groups is 2. The Balaban J connectivity index is 1.31. The van der Waals surface area contributed by atoms with Gasteiger partial charge in [-0.2, -0.15) is 0 Å². The quantitative estimate of drug-likeness (QED) is 0.135. The molecule has 3 N–H and O–H groups in total. The maximum Gasteiger partial charge on any atom is 0.321 e. The van der Waals surface area contributed by atoms with Gasteiger partial charge in [0.2, 0.25) is 5.91 Å². The van der Waals surface area contributed by atoms with Crippen LogP contribution in [0.4, 0.5) is 24.4 Å². The maximum absolute atomic E-state index is 13.7. The number of carbonyl (C=O) groups excluding carboxylic acids is 2. The van der Waals surface area contributed by atoms with Crippen molar-refractivity contribution >= 4 is 45.7 Å². The molecule has 0 radical (unpaired) electrons. The third kappa shape index (κ3) is 8.90. The van der Waals surface area contributed by atoms with Crippen LogP contribution in [-0.2, 0) is 11.2 Å². The van der Waals surface area contributed by atoms with E-state index in [-0.39, 0.29) is 29.5 Å². The van der Waals surface area contributed by atoms with E-state index in [1.54, 1.807) is 67.1 Å². The Hall–Kier alpha value is -4.74. The molecule has 0 bridgehead atoms. The van der Waals surface area contributed by atoms with Crippen LogP contribution in [0.2, 0.25) is 4.34 Å². The highest BCUT2D eigenvalue weighted by Crippen LogP contribution is 2.36. The van der Waals surface area contributed by atoms with E-state index in [9.17, 15) is 18.4 Å². The lowest BCUT2D eigenvalue weighted by atomic mass is 9.86. The molecule has 3 aromatic carbocycles. The summed E-state index contributed by atoms with van der Waals surface area (Å²) < 4.78 is 27.8. The summed E-state index contributed by atoms with van der Waals surface area (Å²) in [5.74, 6) is -1.03. The van der Waals surface area contributed by atoms with Crippen LogP contribution in [0.1, 0.15) is 42.5 Å². The average Bonchev–Trinajstić information content (AvgIpc) is 3.38. The van der Waals surface area contributed by atoms with Crippen LogP contribution in [0.15, 0.2) is 91.4 Å². The molecule has 0 spiro atoms. The SMILES string of the molecule is CC(=O)Nc1ccc(-c2nc(NC(=O)NC(CCC(c3ccc(F)cc3)c3ccc(F)cc3)Cc3cnccn3)sc2Cl)cc1. The van der Waals surface area contributed by atoms with Gasteiger partial charge in [-0.15, -0.1) is 0 Å². The Morgan fingerprint density at radius 1 is 0.867 bits per heavy atom. The Morgan fingerprint density at radius 3 is 2.09 bits per heavy atom. The van der Waals surface area contributed by atoms with Gasteiger partial charge in [0.25, 0.3) is 0 Å². The van der Waals surface area contributed by atoms with Crippen molar-refractivity contribution in [2.24, 2.45) is 0 Å². The highest BCUT2D eigenvalue weighted by molar-refractivity contribution is 7.20. The topological polar surface area (TPSA) is 109 Å². The van der Waals surface area contributed by atoms with Crippen molar-refractivity contribution in [1.29, 1.82) is 0 Å². The number of rotatable bonds is 11. The number of thiazole rings is 1. The van der Waals surface area contributed by atoms with Crippen molar-refractivity contribution in [1.82, 2.24) is 20.3 Å². The summed E-state index contributed by atoms with van der Waals surface area (Å²) in [7, 11) is 0.